The molecule has 36 heavy (non-hydrogen) atoms. The lowest BCUT2D eigenvalue weighted by Gasteiger charge is -2.58. The van der Waals surface area contributed by atoms with Crippen LogP contribution in [0.3, 0.4) is 0 Å². The Morgan fingerprint density at radius 3 is 1.42 bits per heavy atom. The fourth-order valence-electron chi connectivity index (χ4n) is 5.62. The third kappa shape index (κ3) is 12.0. The van der Waals surface area contributed by atoms with Crippen molar-refractivity contribution in [3.05, 3.63) is 0 Å². The van der Waals surface area contributed by atoms with Crippen molar-refractivity contribution in [2.75, 3.05) is 19.8 Å². The average molecular weight is 531 g/mol. The van der Waals surface area contributed by atoms with E-state index in [1.165, 1.54) is 109 Å². The summed E-state index contributed by atoms with van der Waals surface area (Å²) in [4.78, 5) is 10.5. The van der Waals surface area contributed by atoms with Gasteiger partial charge in [0.15, 0.2) is 0 Å². The first-order valence-electron chi connectivity index (χ1n) is 15.8. The molecule has 0 aromatic rings. The number of rotatable bonds is 26. The Morgan fingerprint density at radius 1 is 0.611 bits per heavy atom. The SMILES string of the molecule is CCCCCCCCCCCCCCCCC1(C2(OP(O)OCCCCCCCC)CCO2)CCO1. The summed E-state index contributed by atoms with van der Waals surface area (Å²) in [5.74, 6) is -0.802. The first-order valence-corrected chi connectivity index (χ1v) is 16.9. The minimum absolute atomic E-state index is 0.394. The molecular formula is C30H59O5P. The summed E-state index contributed by atoms with van der Waals surface area (Å²) in [5, 5.41) is 0. The van der Waals surface area contributed by atoms with Gasteiger partial charge in [-0.05, 0) is 12.8 Å². The minimum Gasteiger partial charge on any atom is -0.369 e. The normalized spacial score (nSPS) is 24.4. The minimum atomic E-state index is -1.93. The zero-order valence-electron chi connectivity index (χ0n) is 23.9. The van der Waals surface area contributed by atoms with Crippen LogP contribution in [-0.2, 0) is 18.5 Å². The predicted octanol–water partition coefficient (Wildman–Crippen LogP) is 9.75. The second-order valence-electron chi connectivity index (χ2n) is 11.2. The van der Waals surface area contributed by atoms with E-state index in [9.17, 15) is 4.89 Å². The molecule has 2 fully saturated rings. The molecule has 0 amide bonds. The van der Waals surface area contributed by atoms with Crippen LogP contribution in [-0.4, -0.2) is 36.1 Å². The van der Waals surface area contributed by atoms with Crippen molar-refractivity contribution < 1.29 is 23.4 Å². The molecule has 0 spiro atoms. The van der Waals surface area contributed by atoms with Crippen LogP contribution in [0.25, 0.3) is 0 Å². The molecule has 1 N–H and O–H groups in total. The second-order valence-corrected chi connectivity index (χ2v) is 12.1. The predicted molar refractivity (Wildman–Crippen MR) is 151 cm³/mol. The van der Waals surface area contributed by atoms with E-state index in [0.29, 0.717) is 13.2 Å². The van der Waals surface area contributed by atoms with E-state index < -0.39 is 20.0 Å². The summed E-state index contributed by atoms with van der Waals surface area (Å²) in [6, 6.07) is 0. The monoisotopic (exact) mass is 530 g/mol. The van der Waals surface area contributed by atoms with E-state index in [4.69, 9.17) is 18.5 Å². The summed E-state index contributed by atoms with van der Waals surface area (Å²) in [7, 11) is -1.93. The lowest BCUT2D eigenvalue weighted by atomic mass is 9.77. The summed E-state index contributed by atoms with van der Waals surface area (Å²) in [6.45, 7) is 6.50. The molecule has 6 heteroatoms. The van der Waals surface area contributed by atoms with Crippen molar-refractivity contribution in [1.29, 1.82) is 0 Å². The van der Waals surface area contributed by atoms with E-state index in [2.05, 4.69) is 13.8 Å². The van der Waals surface area contributed by atoms with E-state index in [1.807, 2.05) is 0 Å². The molecule has 0 bridgehead atoms. The molecule has 2 aliphatic rings. The van der Waals surface area contributed by atoms with Gasteiger partial charge >= 0.3 is 8.60 Å². The van der Waals surface area contributed by atoms with Crippen molar-refractivity contribution in [2.24, 2.45) is 0 Å². The molecule has 0 radical (unpaired) electrons. The highest BCUT2D eigenvalue weighted by atomic mass is 31.2. The van der Waals surface area contributed by atoms with E-state index >= 15 is 0 Å². The zero-order chi connectivity index (χ0) is 25.8. The summed E-state index contributed by atoms with van der Waals surface area (Å²) < 4.78 is 23.8. The summed E-state index contributed by atoms with van der Waals surface area (Å²) in [5.41, 5.74) is -0.394. The maximum atomic E-state index is 10.5. The molecule has 5 nitrogen and oxygen atoms in total. The van der Waals surface area contributed by atoms with Gasteiger partial charge in [-0.15, -0.1) is 0 Å². The van der Waals surface area contributed by atoms with Crippen LogP contribution in [0.1, 0.15) is 162 Å². The largest absolute Gasteiger partial charge is 0.369 e. The van der Waals surface area contributed by atoms with Crippen LogP contribution in [0, 0.1) is 0 Å². The van der Waals surface area contributed by atoms with Crippen LogP contribution < -0.4 is 0 Å². The van der Waals surface area contributed by atoms with E-state index in [1.54, 1.807) is 0 Å². The lowest BCUT2D eigenvalue weighted by molar-refractivity contribution is -0.389. The molecule has 2 heterocycles. The van der Waals surface area contributed by atoms with Crippen LogP contribution >= 0.6 is 8.60 Å². The average Bonchev–Trinajstić information content (AvgIpc) is 2.83. The van der Waals surface area contributed by atoms with Gasteiger partial charge in [0.05, 0.1) is 19.8 Å². The molecule has 2 saturated heterocycles. The van der Waals surface area contributed by atoms with E-state index in [0.717, 1.165) is 45.1 Å². The van der Waals surface area contributed by atoms with Crippen molar-refractivity contribution in [3.63, 3.8) is 0 Å². The van der Waals surface area contributed by atoms with Gasteiger partial charge in [-0.3, -0.25) is 4.52 Å². The Bertz CT molecular complexity index is 510. The first kappa shape index (κ1) is 32.4. The second kappa shape index (κ2) is 20.2. The van der Waals surface area contributed by atoms with Gasteiger partial charge in [0.25, 0.3) is 0 Å². The Balaban J connectivity index is 1.52. The molecule has 0 aliphatic carbocycles. The van der Waals surface area contributed by atoms with Gasteiger partial charge in [-0.2, -0.15) is 0 Å². The molecule has 214 valence electrons. The van der Waals surface area contributed by atoms with Crippen LogP contribution in [0.4, 0.5) is 0 Å². The fraction of sp³-hybridized carbons (Fsp3) is 1.00. The van der Waals surface area contributed by atoms with Gasteiger partial charge in [-0.25, -0.2) is 0 Å². The molecule has 0 saturated carbocycles. The van der Waals surface area contributed by atoms with Gasteiger partial charge in [0.1, 0.15) is 5.60 Å². The Hall–Kier alpha value is 0.230. The van der Waals surface area contributed by atoms with E-state index in [-0.39, 0.29) is 0 Å². The number of unbranched alkanes of at least 4 members (excludes halogenated alkanes) is 18. The Morgan fingerprint density at radius 2 is 1.03 bits per heavy atom. The quantitative estimate of drug-likeness (QED) is 0.0891. The topological polar surface area (TPSA) is 57.2 Å². The third-order valence-electron chi connectivity index (χ3n) is 8.20. The standard InChI is InChI=1S/C30H59O5P/c1-3-5-7-9-11-12-13-14-15-16-17-18-19-21-23-29(24-27-32-29)30(25-28-33-30)35-36(31)34-26-22-20-10-8-6-4-2/h31H,3-28H2,1-2H3. The summed E-state index contributed by atoms with van der Waals surface area (Å²) >= 11 is 0. The van der Waals surface area contributed by atoms with Gasteiger partial charge < -0.3 is 18.9 Å². The van der Waals surface area contributed by atoms with Gasteiger partial charge in [-0.1, -0.05) is 136 Å². The molecular weight excluding hydrogens is 471 g/mol. The van der Waals surface area contributed by atoms with Crippen LogP contribution in [0.5, 0.6) is 0 Å². The van der Waals surface area contributed by atoms with Crippen molar-refractivity contribution in [3.8, 4) is 0 Å². The van der Waals surface area contributed by atoms with Gasteiger partial charge in [0, 0.05) is 12.8 Å². The number of hydrogen-bond donors (Lipinski definition) is 1. The Labute approximate surface area is 224 Å². The molecule has 2 aliphatic heterocycles. The maximum Gasteiger partial charge on any atom is 0.332 e. The molecule has 3 unspecified atom stereocenters. The third-order valence-corrected chi connectivity index (χ3v) is 9.06. The van der Waals surface area contributed by atoms with Crippen molar-refractivity contribution >= 4 is 8.60 Å². The van der Waals surface area contributed by atoms with Crippen LogP contribution in [0.15, 0.2) is 0 Å². The Kier molecular flexibility index (Phi) is 18.2. The summed E-state index contributed by atoms with van der Waals surface area (Å²) in [6.07, 6.45) is 29.0. The molecule has 3 atom stereocenters. The van der Waals surface area contributed by atoms with Crippen molar-refractivity contribution in [1.82, 2.24) is 0 Å². The van der Waals surface area contributed by atoms with Crippen molar-refractivity contribution in [2.45, 2.75) is 173 Å². The first-order chi connectivity index (χ1) is 17.7. The molecule has 0 aromatic heterocycles. The highest BCUT2D eigenvalue weighted by Gasteiger charge is 2.63. The molecule has 0 aromatic carbocycles. The number of hydrogen-bond acceptors (Lipinski definition) is 5. The van der Waals surface area contributed by atoms with Crippen LogP contribution in [0.2, 0.25) is 0 Å². The molecule has 2 rings (SSSR count). The highest BCUT2D eigenvalue weighted by Crippen LogP contribution is 2.55. The van der Waals surface area contributed by atoms with Gasteiger partial charge in [0.2, 0.25) is 5.79 Å². The highest BCUT2D eigenvalue weighted by molar-refractivity contribution is 7.40. The maximum absolute atomic E-state index is 10.5. The lowest BCUT2D eigenvalue weighted by Crippen LogP contribution is -2.68. The smallest absolute Gasteiger partial charge is 0.332 e. The zero-order valence-corrected chi connectivity index (χ0v) is 24.8. The number of ether oxygens (including phenoxy) is 2. The fourth-order valence-corrected chi connectivity index (χ4v) is 6.52.